The molecule has 0 aliphatic rings. The van der Waals surface area contributed by atoms with Crippen molar-refractivity contribution in [3.63, 3.8) is 0 Å². The third-order valence-corrected chi connectivity index (χ3v) is 4.40. The monoisotopic (exact) mass is 350 g/mol. The highest BCUT2D eigenvalue weighted by Crippen LogP contribution is 2.11. The van der Waals surface area contributed by atoms with Crippen LogP contribution in [0, 0.1) is 25.7 Å². The van der Waals surface area contributed by atoms with Crippen LogP contribution in [-0.2, 0) is 16.1 Å². The standard InChI is InChI=1S/C19H30N2O4/c1-11(2)8-9-21-14(6)13(5)10-15(18(21)23)17(22)20-16(12(3)4)19(24)25-7/h10-12,16H,8-9H2,1-7H3,(H,20,22)/t16-/m0/s1. The van der Waals surface area contributed by atoms with E-state index in [1.807, 2.05) is 27.7 Å². The Morgan fingerprint density at radius 1 is 1.20 bits per heavy atom. The predicted molar refractivity (Wildman–Crippen MR) is 97.7 cm³/mol. The molecule has 0 saturated heterocycles. The lowest BCUT2D eigenvalue weighted by molar-refractivity contribution is -0.144. The molecule has 0 saturated carbocycles. The van der Waals surface area contributed by atoms with E-state index in [2.05, 4.69) is 19.2 Å². The molecular weight excluding hydrogens is 320 g/mol. The molecule has 25 heavy (non-hydrogen) atoms. The molecule has 0 aliphatic carbocycles. The van der Waals surface area contributed by atoms with Gasteiger partial charge in [-0.15, -0.1) is 0 Å². The van der Waals surface area contributed by atoms with E-state index in [4.69, 9.17) is 4.74 Å². The highest BCUT2D eigenvalue weighted by Gasteiger charge is 2.27. The van der Waals surface area contributed by atoms with E-state index in [0.717, 1.165) is 17.7 Å². The number of aryl methyl sites for hydroxylation is 1. The van der Waals surface area contributed by atoms with Gasteiger partial charge in [0.05, 0.1) is 7.11 Å². The second kappa shape index (κ2) is 8.83. The molecule has 140 valence electrons. The summed E-state index contributed by atoms with van der Waals surface area (Å²) in [7, 11) is 1.28. The molecule has 1 N–H and O–H groups in total. The zero-order valence-corrected chi connectivity index (χ0v) is 16.3. The van der Waals surface area contributed by atoms with Gasteiger partial charge in [0.15, 0.2) is 0 Å². The molecule has 0 unspecified atom stereocenters. The number of methoxy groups -OCH3 is 1. The smallest absolute Gasteiger partial charge is 0.328 e. The molecule has 6 heteroatoms. The van der Waals surface area contributed by atoms with Crippen LogP contribution in [0.1, 0.15) is 55.7 Å². The minimum absolute atomic E-state index is 0.0569. The average Bonchev–Trinajstić information content (AvgIpc) is 2.54. The van der Waals surface area contributed by atoms with Crippen LogP contribution in [-0.4, -0.2) is 29.6 Å². The van der Waals surface area contributed by atoms with Gasteiger partial charge in [0.1, 0.15) is 11.6 Å². The minimum Gasteiger partial charge on any atom is -0.467 e. The number of carbonyl (C=O) groups excluding carboxylic acids is 2. The van der Waals surface area contributed by atoms with Gasteiger partial charge in [-0.05, 0) is 43.7 Å². The van der Waals surface area contributed by atoms with Crippen molar-refractivity contribution >= 4 is 11.9 Å². The lowest BCUT2D eigenvalue weighted by Gasteiger charge is -2.21. The van der Waals surface area contributed by atoms with Crippen LogP contribution in [0.5, 0.6) is 0 Å². The second-order valence-corrected chi connectivity index (χ2v) is 7.18. The topological polar surface area (TPSA) is 77.4 Å². The first kappa shape index (κ1) is 20.9. The molecule has 1 atom stereocenters. The molecule has 0 aliphatic heterocycles. The van der Waals surface area contributed by atoms with Crippen molar-refractivity contribution in [2.75, 3.05) is 7.11 Å². The van der Waals surface area contributed by atoms with E-state index in [1.165, 1.54) is 7.11 Å². The predicted octanol–water partition coefficient (Wildman–Crippen LogP) is 2.44. The highest BCUT2D eigenvalue weighted by molar-refractivity contribution is 5.96. The van der Waals surface area contributed by atoms with Crippen LogP contribution < -0.4 is 10.9 Å². The van der Waals surface area contributed by atoms with Gasteiger partial charge >= 0.3 is 5.97 Å². The first-order valence-corrected chi connectivity index (χ1v) is 8.69. The fourth-order valence-corrected chi connectivity index (χ4v) is 2.56. The molecule has 1 rings (SSSR count). The molecule has 0 radical (unpaired) electrons. The largest absolute Gasteiger partial charge is 0.467 e. The van der Waals surface area contributed by atoms with Crippen LogP contribution in [0.25, 0.3) is 0 Å². The number of ether oxygens (including phenoxy) is 1. The summed E-state index contributed by atoms with van der Waals surface area (Å²) in [5.74, 6) is -0.761. The van der Waals surface area contributed by atoms with E-state index in [9.17, 15) is 14.4 Å². The third-order valence-electron chi connectivity index (χ3n) is 4.40. The number of carbonyl (C=O) groups is 2. The Labute approximate surface area is 149 Å². The summed E-state index contributed by atoms with van der Waals surface area (Å²) >= 11 is 0. The molecule has 6 nitrogen and oxygen atoms in total. The van der Waals surface area contributed by atoms with E-state index in [0.29, 0.717) is 12.5 Å². The van der Waals surface area contributed by atoms with Gasteiger partial charge in [0.25, 0.3) is 11.5 Å². The molecule has 0 fully saturated rings. The van der Waals surface area contributed by atoms with Gasteiger partial charge in [0, 0.05) is 12.2 Å². The van der Waals surface area contributed by atoms with Crippen molar-refractivity contribution in [1.29, 1.82) is 0 Å². The summed E-state index contributed by atoms with van der Waals surface area (Å²) in [5.41, 5.74) is 1.46. The van der Waals surface area contributed by atoms with Gasteiger partial charge in [-0.1, -0.05) is 27.7 Å². The van der Waals surface area contributed by atoms with Crippen molar-refractivity contribution < 1.29 is 14.3 Å². The van der Waals surface area contributed by atoms with Gasteiger partial charge in [0.2, 0.25) is 0 Å². The van der Waals surface area contributed by atoms with Crippen molar-refractivity contribution in [1.82, 2.24) is 9.88 Å². The Bertz CT molecular complexity index is 689. The summed E-state index contributed by atoms with van der Waals surface area (Å²) in [5, 5.41) is 2.64. The SMILES string of the molecule is COC(=O)[C@@H](NC(=O)c1cc(C)c(C)n(CCC(C)C)c1=O)C(C)C. The maximum absolute atomic E-state index is 12.8. The number of nitrogens with one attached hydrogen (secondary N) is 1. The number of hydrogen-bond donors (Lipinski definition) is 1. The van der Waals surface area contributed by atoms with E-state index in [-0.39, 0.29) is 17.0 Å². The number of esters is 1. The molecule has 0 spiro atoms. The van der Waals surface area contributed by atoms with Crippen molar-refractivity contribution in [2.45, 2.75) is 60.5 Å². The van der Waals surface area contributed by atoms with Crippen molar-refractivity contribution in [2.24, 2.45) is 11.8 Å². The van der Waals surface area contributed by atoms with Crippen molar-refractivity contribution in [3.8, 4) is 0 Å². The number of rotatable bonds is 7. The maximum atomic E-state index is 12.8. The summed E-state index contributed by atoms with van der Waals surface area (Å²) < 4.78 is 6.38. The zero-order chi connectivity index (χ0) is 19.3. The zero-order valence-electron chi connectivity index (χ0n) is 16.3. The van der Waals surface area contributed by atoms with Crippen LogP contribution in [0.2, 0.25) is 0 Å². The Kier molecular flexibility index (Phi) is 7.39. The van der Waals surface area contributed by atoms with E-state index >= 15 is 0 Å². The Balaban J connectivity index is 3.21. The van der Waals surface area contributed by atoms with E-state index < -0.39 is 17.9 Å². The summed E-state index contributed by atoms with van der Waals surface area (Å²) in [6.07, 6.45) is 0.849. The van der Waals surface area contributed by atoms with Gasteiger partial charge < -0.3 is 14.6 Å². The Hall–Kier alpha value is -2.11. The number of hydrogen-bond acceptors (Lipinski definition) is 4. The van der Waals surface area contributed by atoms with Crippen LogP contribution in [0.3, 0.4) is 0 Å². The van der Waals surface area contributed by atoms with Gasteiger partial charge in [-0.2, -0.15) is 0 Å². The quantitative estimate of drug-likeness (QED) is 0.766. The lowest BCUT2D eigenvalue weighted by atomic mass is 10.0. The maximum Gasteiger partial charge on any atom is 0.328 e. The average molecular weight is 350 g/mol. The number of amides is 1. The molecular formula is C19H30N2O4. The molecule has 0 aromatic carbocycles. The van der Waals surface area contributed by atoms with Crippen LogP contribution in [0.4, 0.5) is 0 Å². The first-order chi connectivity index (χ1) is 11.6. The van der Waals surface area contributed by atoms with Crippen LogP contribution >= 0.6 is 0 Å². The molecule has 1 heterocycles. The Morgan fingerprint density at radius 2 is 1.80 bits per heavy atom. The van der Waals surface area contributed by atoms with Crippen LogP contribution in [0.15, 0.2) is 10.9 Å². The number of nitrogens with zero attached hydrogens (tertiary/aromatic N) is 1. The third kappa shape index (κ3) is 5.18. The van der Waals surface area contributed by atoms with Crippen molar-refractivity contribution in [3.05, 3.63) is 33.2 Å². The summed E-state index contributed by atoms with van der Waals surface area (Å²) in [6.45, 7) is 12.1. The van der Waals surface area contributed by atoms with Gasteiger partial charge in [-0.3, -0.25) is 9.59 Å². The first-order valence-electron chi connectivity index (χ1n) is 8.69. The summed E-state index contributed by atoms with van der Waals surface area (Å²) in [4.78, 5) is 37.2. The molecule has 1 amide bonds. The number of aromatic nitrogens is 1. The molecule has 1 aromatic rings. The lowest BCUT2D eigenvalue weighted by Crippen LogP contribution is -2.46. The van der Waals surface area contributed by atoms with Gasteiger partial charge in [-0.25, -0.2) is 4.79 Å². The fourth-order valence-electron chi connectivity index (χ4n) is 2.56. The summed E-state index contributed by atoms with van der Waals surface area (Å²) in [6, 6.07) is 0.802. The Morgan fingerprint density at radius 3 is 2.28 bits per heavy atom. The second-order valence-electron chi connectivity index (χ2n) is 7.18. The normalized spacial score (nSPS) is 12.4. The fraction of sp³-hybridized carbons (Fsp3) is 0.632. The number of pyridine rings is 1. The molecule has 1 aromatic heterocycles. The highest BCUT2D eigenvalue weighted by atomic mass is 16.5. The molecule has 0 bridgehead atoms. The van der Waals surface area contributed by atoms with E-state index in [1.54, 1.807) is 10.6 Å². The minimum atomic E-state index is -0.789.